The van der Waals surface area contributed by atoms with Crippen LogP contribution in [0, 0.1) is 18.3 Å². The SMILES string of the molecule is Cc1cc(C#N)nc(NCC(C)O)n1. The number of aliphatic hydroxyl groups excluding tert-OH is 1. The van der Waals surface area contributed by atoms with E-state index in [1.165, 1.54) is 0 Å². The van der Waals surface area contributed by atoms with Crippen LogP contribution >= 0.6 is 0 Å². The van der Waals surface area contributed by atoms with Crippen molar-refractivity contribution in [2.24, 2.45) is 0 Å². The molecule has 0 aliphatic rings. The van der Waals surface area contributed by atoms with E-state index in [1.54, 1.807) is 19.9 Å². The highest BCUT2D eigenvalue weighted by Crippen LogP contribution is 2.03. The number of hydrogen-bond donors (Lipinski definition) is 2. The number of hydrogen-bond acceptors (Lipinski definition) is 5. The van der Waals surface area contributed by atoms with Crippen LogP contribution in [0.5, 0.6) is 0 Å². The molecule has 2 N–H and O–H groups in total. The van der Waals surface area contributed by atoms with Crippen molar-refractivity contribution in [1.82, 2.24) is 9.97 Å². The molecule has 0 amide bonds. The second-order valence-corrected chi connectivity index (χ2v) is 3.06. The first-order chi connectivity index (χ1) is 6.61. The average molecular weight is 192 g/mol. The van der Waals surface area contributed by atoms with E-state index in [0.29, 0.717) is 18.2 Å². The van der Waals surface area contributed by atoms with Gasteiger partial charge in [0.2, 0.25) is 5.95 Å². The Morgan fingerprint density at radius 3 is 2.93 bits per heavy atom. The first-order valence-electron chi connectivity index (χ1n) is 4.29. The van der Waals surface area contributed by atoms with Gasteiger partial charge in [-0.25, -0.2) is 9.97 Å². The van der Waals surface area contributed by atoms with Gasteiger partial charge in [0.1, 0.15) is 11.8 Å². The highest BCUT2D eigenvalue weighted by molar-refractivity contribution is 5.32. The van der Waals surface area contributed by atoms with Crippen LogP contribution in [0.25, 0.3) is 0 Å². The van der Waals surface area contributed by atoms with Gasteiger partial charge in [0.25, 0.3) is 0 Å². The molecule has 0 radical (unpaired) electrons. The Balaban J connectivity index is 2.78. The minimum atomic E-state index is -0.468. The zero-order chi connectivity index (χ0) is 10.6. The zero-order valence-corrected chi connectivity index (χ0v) is 8.15. The maximum Gasteiger partial charge on any atom is 0.224 e. The smallest absolute Gasteiger partial charge is 0.224 e. The van der Waals surface area contributed by atoms with Gasteiger partial charge in [-0.3, -0.25) is 0 Å². The summed E-state index contributed by atoms with van der Waals surface area (Å²) in [4.78, 5) is 8.00. The van der Waals surface area contributed by atoms with Gasteiger partial charge in [-0.1, -0.05) is 0 Å². The van der Waals surface area contributed by atoms with Crippen molar-refractivity contribution in [3.63, 3.8) is 0 Å². The minimum absolute atomic E-state index is 0.325. The van der Waals surface area contributed by atoms with Crippen LogP contribution < -0.4 is 5.32 Å². The Bertz CT molecular complexity index is 356. The highest BCUT2D eigenvalue weighted by Gasteiger charge is 2.02. The van der Waals surface area contributed by atoms with Crippen molar-refractivity contribution in [1.29, 1.82) is 5.26 Å². The molecule has 0 bridgehead atoms. The van der Waals surface area contributed by atoms with E-state index in [1.807, 2.05) is 6.07 Å². The van der Waals surface area contributed by atoms with E-state index in [-0.39, 0.29) is 0 Å². The molecule has 1 rings (SSSR count). The lowest BCUT2D eigenvalue weighted by atomic mass is 10.3. The molecule has 1 atom stereocenters. The predicted octanol–water partition coefficient (Wildman–Crippen LogP) is 0.449. The van der Waals surface area contributed by atoms with Crippen LogP contribution in [0.2, 0.25) is 0 Å². The van der Waals surface area contributed by atoms with Crippen LogP contribution in [-0.4, -0.2) is 27.7 Å². The number of aliphatic hydroxyl groups is 1. The Morgan fingerprint density at radius 2 is 2.36 bits per heavy atom. The number of nitriles is 1. The summed E-state index contributed by atoms with van der Waals surface area (Å²) in [6, 6.07) is 3.55. The molecule has 1 aromatic rings. The molecule has 0 saturated heterocycles. The van der Waals surface area contributed by atoms with Crippen molar-refractivity contribution in [2.45, 2.75) is 20.0 Å². The Kier molecular flexibility index (Phi) is 3.37. The monoisotopic (exact) mass is 192 g/mol. The molecule has 0 aliphatic carbocycles. The average Bonchev–Trinajstić information content (AvgIpc) is 2.14. The summed E-state index contributed by atoms with van der Waals surface area (Å²) in [5.41, 5.74) is 1.05. The lowest BCUT2D eigenvalue weighted by Crippen LogP contribution is -2.17. The first-order valence-corrected chi connectivity index (χ1v) is 4.29. The summed E-state index contributed by atoms with van der Waals surface area (Å²) in [6.07, 6.45) is -0.468. The number of rotatable bonds is 3. The molecular weight excluding hydrogens is 180 g/mol. The topological polar surface area (TPSA) is 81.8 Å². The quantitative estimate of drug-likeness (QED) is 0.726. The van der Waals surface area contributed by atoms with E-state index < -0.39 is 6.10 Å². The van der Waals surface area contributed by atoms with Gasteiger partial charge in [-0.15, -0.1) is 0 Å². The van der Waals surface area contributed by atoms with Crippen LogP contribution in [0.15, 0.2) is 6.07 Å². The van der Waals surface area contributed by atoms with Crippen molar-refractivity contribution in [3.05, 3.63) is 17.5 Å². The number of anilines is 1. The summed E-state index contributed by atoms with van der Waals surface area (Å²) in [5.74, 6) is 0.377. The lowest BCUT2D eigenvalue weighted by molar-refractivity contribution is 0.208. The third kappa shape index (κ3) is 2.99. The van der Waals surface area contributed by atoms with Gasteiger partial charge in [0.05, 0.1) is 6.10 Å². The van der Waals surface area contributed by atoms with E-state index >= 15 is 0 Å². The van der Waals surface area contributed by atoms with E-state index in [9.17, 15) is 0 Å². The van der Waals surface area contributed by atoms with Crippen LogP contribution in [-0.2, 0) is 0 Å². The van der Waals surface area contributed by atoms with E-state index in [4.69, 9.17) is 10.4 Å². The first kappa shape index (κ1) is 10.4. The summed E-state index contributed by atoms with van der Waals surface area (Å²) >= 11 is 0. The number of nitrogens with zero attached hydrogens (tertiary/aromatic N) is 3. The number of aromatic nitrogens is 2. The Labute approximate surface area is 82.4 Å². The largest absolute Gasteiger partial charge is 0.392 e. The summed E-state index contributed by atoms with van der Waals surface area (Å²) in [7, 11) is 0. The molecule has 5 heteroatoms. The third-order valence-electron chi connectivity index (χ3n) is 1.52. The predicted molar refractivity (Wildman–Crippen MR) is 51.7 cm³/mol. The Morgan fingerprint density at radius 1 is 1.64 bits per heavy atom. The molecule has 0 saturated carbocycles. The fourth-order valence-corrected chi connectivity index (χ4v) is 0.944. The molecule has 0 fully saturated rings. The lowest BCUT2D eigenvalue weighted by Gasteiger charge is -2.07. The molecule has 1 heterocycles. The van der Waals surface area contributed by atoms with E-state index in [0.717, 1.165) is 5.69 Å². The third-order valence-corrected chi connectivity index (χ3v) is 1.52. The normalized spacial score (nSPS) is 11.9. The van der Waals surface area contributed by atoms with Gasteiger partial charge in [-0.2, -0.15) is 5.26 Å². The second-order valence-electron chi connectivity index (χ2n) is 3.06. The molecule has 0 aromatic carbocycles. The maximum atomic E-state index is 9.03. The molecule has 0 spiro atoms. The van der Waals surface area contributed by atoms with E-state index in [2.05, 4.69) is 15.3 Å². The molecule has 1 unspecified atom stereocenters. The van der Waals surface area contributed by atoms with Crippen molar-refractivity contribution < 1.29 is 5.11 Å². The van der Waals surface area contributed by atoms with Gasteiger partial charge in [-0.05, 0) is 19.9 Å². The molecule has 1 aromatic heterocycles. The van der Waals surface area contributed by atoms with Crippen molar-refractivity contribution >= 4 is 5.95 Å². The molecule has 74 valence electrons. The summed E-state index contributed by atoms with van der Waals surface area (Å²) < 4.78 is 0. The zero-order valence-electron chi connectivity index (χ0n) is 8.15. The summed E-state index contributed by atoms with van der Waals surface area (Å²) in [5, 5.41) is 20.5. The Hall–Kier alpha value is -1.67. The van der Waals surface area contributed by atoms with Crippen molar-refractivity contribution in [2.75, 3.05) is 11.9 Å². The van der Waals surface area contributed by atoms with Crippen LogP contribution in [0.4, 0.5) is 5.95 Å². The van der Waals surface area contributed by atoms with Gasteiger partial charge < -0.3 is 10.4 Å². The fourth-order valence-electron chi connectivity index (χ4n) is 0.944. The fraction of sp³-hybridized carbons (Fsp3) is 0.444. The van der Waals surface area contributed by atoms with Crippen LogP contribution in [0.3, 0.4) is 0 Å². The van der Waals surface area contributed by atoms with Gasteiger partial charge >= 0.3 is 0 Å². The standard InChI is InChI=1S/C9H12N4O/c1-6-3-8(4-10)13-9(12-6)11-5-7(2)14/h3,7,14H,5H2,1-2H3,(H,11,12,13). The molecule has 0 aliphatic heterocycles. The second kappa shape index (κ2) is 4.53. The number of aryl methyl sites for hydroxylation is 1. The number of nitrogens with one attached hydrogen (secondary N) is 1. The molecular formula is C9H12N4O. The molecule has 5 nitrogen and oxygen atoms in total. The van der Waals surface area contributed by atoms with Gasteiger partial charge in [0.15, 0.2) is 0 Å². The van der Waals surface area contributed by atoms with Crippen LogP contribution in [0.1, 0.15) is 18.3 Å². The van der Waals surface area contributed by atoms with Gasteiger partial charge in [0, 0.05) is 12.2 Å². The minimum Gasteiger partial charge on any atom is -0.392 e. The molecule has 14 heavy (non-hydrogen) atoms. The maximum absolute atomic E-state index is 9.03. The summed E-state index contributed by atoms with van der Waals surface area (Å²) in [6.45, 7) is 3.82. The highest BCUT2D eigenvalue weighted by atomic mass is 16.3. The van der Waals surface area contributed by atoms with Crippen molar-refractivity contribution in [3.8, 4) is 6.07 Å².